The Bertz CT molecular complexity index is 968. The molecule has 3 fully saturated rings. The van der Waals surface area contributed by atoms with Crippen LogP contribution in [0, 0.1) is 11.8 Å². The van der Waals surface area contributed by atoms with Crippen LogP contribution in [0.2, 0.25) is 0 Å². The van der Waals surface area contributed by atoms with Crippen molar-refractivity contribution in [3.8, 4) is 0 Å². The first-order valence-corrected chi connectivity index (χ1v) is 10.0. The lowest BCUT2D eigenvalue weighted by Crippen LogP contribution is -2.47. The number of carbonyl (C=O) groups excluding carboxylic acids is 2. The Morgan fingerprint density at radius 2 is 2.07 bits per heavy atom. The van der Waals surface area contributed by atoms with Crippen LogP contribution in [-0.2, 0) is 14.3 Å². The first-order valence-electron chi connectivity index (χ1n) is 9.17. The number of hydrogen-bond donors (Lipinski definition) is 0. The van der Waals surface area contributed by atoms with Gasteiger partial charge in [0.2, 0.25) is 6.29 Å². The van der Waals surface area contributed by atoms with Crippen molar-refractivity contribution in [2.24, 2.45) is 11.8 Å². The average Bonchev–Trinajstić information content (AvgIpc) is 3.43. The first-order chi connectivity index (χ1) is 13.2. The van der Waals surface area contributed by atoms with Gasteiger partial charge in [-0.1, -0.05) is 30.3 Å². The molecule has 136 valence electrons. The topological polar surface area (TPSA) is 55.8 Å². The minimum absolute atomic E-state index is 0.0321. The van der Waals surface area contributed by atoms with Crippen molar-refractivity contribution in [2.75, 3.05) is 6.61 Å². The molecule has 0 saturated carbocycles. The Labute approximate surface area is 160 Å². The Balaban J connectivity index is 1.53. The summed E-state index contributed by atoms with van der Waals surface area (Å²) in [5, 5.41) is 1.91. The van der Waals surface area contributed by atoms with Gasteiger partial charge < -0.3 is 14.4 Å². The van der Waals surface area contributed by atoms with Crippen LogP contribution in [0.4, 0.5) is 0 Å². The molecule has 4 aliphatic heterocycles. The third-order valence-electron chi connectivity index (χ3n) is 6.24. The van der Waals surface area contributed by atoms with E-state index in [0.717, 1.165) is 16.0 Å². The summed E-state index contributed by atoms with van der Waals surface area (Å²) in [6, 6.07) is 11.3. The van der Waals surface area contributed by atoms with E-state index >= 15 is 0 Å². The molecule has 5 heterocycles. The molecule has 6 heteroatoms. The van der Waals surface area contributed by atoms with Crippen molar-refractivity contribution in [3.63, 3.8) is 0 Å². The van der Waals surface area contributed by atoms with E-state index in [1.165, 1.54) is 11.3 Å². The lowest BCUT2D eigenvalue weighted by molar-refractivity contribution is -0.164. The van der Waals surface area contributed by atoms with Gasteiger partial charge in [-0.15, -0.1) is 11.3 Å². The molecule has 3 saturated heterocycles. The minimum Gasteiger partial charge on any atom is -0.359 e. The summed E-state index contributed by atoms with van der Waals surface area (Å²) < 4.78 is 11.4. The van der Waals surface area contributed by atoms with Gasteiger partial charge in [0.05, 0.1) is 35.6 Å². The summed E-state index contributed by atoms with van der Waals surface area (Å²) in [4.78, 5) is 29.4. The van der Waals surface area contributed by atoms with Crippen molar-refractivity contribution in [2.45, 2.75) is 24.5 Å². The zero-order valence-electron chi connectivity index (χ0n) is 14.4. The molecule has 0 amide bonds. The molecule has 6 rings (SSSR count). The monoisotopic (exact) mass is 379 g/mol. The van der Waals surface area contributed by atoms with Crippen LogP contribution in [-0.4, -0.2) is 41.5 Å². The molecular formula is C21H17NO4S. The molecule has 1 aromatic carbocycles. The fourth-order valence-electron chi connectivity index (χ4n) is 5.18. The molecule has 27 heavy (non-hydrogen) atoms. The highest BCUT2D eigenvalue weighted by Crippen LogP contribution is 2.54. The molecule has 0 spiro atoms. The Morgan fingerprint density at radius 3 is 2.93 bits per heavy atom. The second-order valence-electron chi connectivity index (χ2n) is 7.47. The van der Waals surface area contributed by atoms with Gasteiger partial charge in [0.25, 0.3) is 0 Å². The maximum atomic E-state index is 13.4. The van der Waals surface area contributed by atoms with Crippen molar-refractivity contribution < 1.29 is 19.1 Å². The van der Waals surface area contributed by atoms with Crippen molar-refractivity contribution in [1.29, 1.82) is 0 Å². The van der Waals surface area contributed by atoms with E-state index in [-0.39, 0.29) is 35.5 Å². The maximum absolute atomic E-state index is 13.4. The van der Waals surface area contributed by atoms with Crippen LogP contribution in [0.1, 0.15) is 26.8 Å². The standard InChI is InChI=1S/C21H17NO4S/c23-19(14-6-3-9-27-14)18-15-13-10-25-21(26-13)20(24)16(15)17-12-5-2-1-4-11(12)7-8-22(17)18/h1-9,13,15-18,21H,10H2/t13-,15-,16+,17+,18-,21-/m1/s1. The van der Waals surface area contributed by atoms with Gasteiger partial charge in [-0.25, -0.2) is 0 Å². The Kier molecular flexibility index (Phi) is 3.27. The van der Waals surface area contributed by atoms with Crippen LogP contribution < -0.4 is 0 Å². The van der Waals surface area contributed by atoms with Gasteiger partial charge in [0, 0.05) is 12.1 Å². The van der Waals surface area contributed by atoms with Gasteiger partial charge in [0.1, 0.15) is 0 Å². The number of ether oxygens (including phenoxy) is 2. The summed E-state index contributed by atoms with van der Waals surface area (Å²) in [5.41, 5.74) is 2.21. The number of carbonyl (C=O) groups is 2. The predicted molar refractivity (Wildman–Crippen MR) is 99.1 cm³/mol. The SMILES string of the molecule is O=C1[C@@H]2OC[C@@H](O2)[C@@H]2[C@H]1[C@@H]1c3ccccc3C=CN1[C@H]2C(=O)c1cccs1. The van der Waals surface area contributed by atoms with Crippen LogP contribution in [0.15, 0.2) is 48.0 Å². The number of fused-ring (bicyclic) bond motifs is 8. The zero-order chi connectivity index (χ0) is 18.1. The number of nitrogens with zero attached hydrogens (tertiary/aromatic N) is 1. The molecule has 4 aliphatic rings. The van der Waals surface area contributed by atoms with Crippen LogP contribution >= 0.6 is 11.3 Å². The van der Waals surface area contributed by atoms with E-state index in [4.69, 9.17) is 9.47 Å². The number of benzene rings is 1. The number of hydrogen-bond acceptors (Lipinski definition) is 6. The molecule has 5 nitrogen and oxygen atoms in total. The van der Waals surface area contributed by atoms with Gasteiger partial charge in [-0.2, -0.15) is 0 Å². The molecule has 2 aromatic rings. The normalized spacial score (nSPS) is 35.7. The van der Waals surface area contributed by atoms with E-state index in [1.807, 2.05) is 41.9 Å². The molecule has 0 radical (unpaired) electrons. The average molecular weight is 379 g/mol. The number of rotatable bonds is 2. The largest absolute Gasteiger partial charge is 0.359 e. The highest BCUT2D eigenvalue weighted by Gasteiger charge is 2.63. The summed E-state index contributed by atoms with van der Waals surface area (Å²) in [5.74, 6) is -0.466. The molecule has 0 aliphatic carbocycles. The summed E-state index contributed by atoms with van der Waals surface area (Å²) in [7, 11) is 0. The smallest absolute Gasteiger partial charge is 0.218 e. The van der Waals surface area contributed by atoms with Crippen molar-refractivity contribution >= 4 is 29.0 Å². The van der Waals surface area contributed by atoms with Gasteiger partial charge in [-0.3, -0.25) is 9.59 Å². The van der Waals surface area contributed by atoms with Gasteiger partial charge in [-0.05, 0) is 28.6 Å². The molecule has 2 bridgehead atoms. The second-order valence-corrected chi connectivity index (χ2v) is 8.42. The summed E-state index contributed by atoms with van der Waals surface area (Å²) in [6.07, 6.45) is 3.02. The third-order valence-corrected chi connectivity index (χ3v) is 7.12. The van der Waals surface area contributed by atoms with E-state index < -0.39 is 12.3 Å². The van der Waals surface area contributed by atoms with Gasteiger partial charge >= 0.3 is 0 Å². The number of Topliss-reactive ketones (excluding diaryl/α,β-unsaturated/α-hetero) is 2. The lowest BCUT2D eigenvalue weighted by atomic mass is 9.76. The van der Waals surface area contributed by atoms with Gasteiger partial charge in [0.15, 0.2) is 11.6 Å². The van der Waals surface area contributed by atoms with Crippen LogP contribution in [0.5, 0.6) is 0 Å². The third kappa shape index (κ3) is 2.06. The number of thiophene rings is 1. The molecule has 0 N–H and O–H groups in total. The molecular weight excluding hydrogens is 362 g/mol. The maximum Gasteiger partial charge on any atom is 0.218 e. The highest BCUT2D eigenvalue weighted by atomic mass is 32.1. The zero-order valence-corrected chi connectivity index (χ0v) is 15.2. The fourth-order valence-corrected chi connectivity index (χ4v) is 5.88. The van der Waals surface area contributed by atoms with E-state index in [9.17, 15) is 9.59 Å². The fraction of sp³-hybridized carbons (Fsp3) is 0.333. The Hall–Kier alpha value is -2.28. The predicted octanol–water partition coefficient (Wildman–Crippen LogP) is 2.90. The molecule has 0 unspecified atom stereocenters. The van der Waals surface area contributed by atoms with Crippen molar-refractivity contribution in [3.05, 3.63) is 64.0 Å². The summed E-state index contributed by atoms with van der Waals surface area (Å²) in [6.45, 7) is 0.373. The van der Waals surface area contributed by atoms with Crippen molar-refractivity contribution in [1.82, 2.24) is 4.90 Å². The van der Waals surface area contributed by atoms with E-state index in [0.29, 0.717) is 6.61 Å². The number of ketones is 2. The van der Waals surface area contributed by atoms with Crippen LogP contribution in [0.25, 0.3) is 6.08 Å². The first kappa shape index (κ1) is 15.7. The summed E-state index contributed by atoms with van der Waals surface area (Å²) >= 11 is 1.44. The Morgan fingerprint density at radius 1 is 1.19 bits per heavy atom. The highest BCUT2D eigenvalue weighted by molar-refractivity contribution is 7.12. The lowest BCUT2D eigenvalue weighted by Gasteiger charge is -2.34. The van der Waals surface area contributed by atoms with Crippen LogP contribution in [0.3, 0.4) is 0 Å². The van der Waals surface area contributed by atoms with E-state index in [1.54, 1.807) is 0 Å². The van der Waals surface area contributed by atoms with E-state index in [2.05, 4.69) is 17.0 Å². The minimum atomic E-state index is -0.785. The molecule has 1 aromatic heterocycles. The second kappa shape index (κ2) is 5.61. The quantitative estimate of drug-likeness (QED) is 0.751. The molecule has 6 atom stereocenters.